The van der Waals surface area contributed by atoms with E-state index in [9.17, 15) is 9.59 Å². The van der Waals surface area contributed by atoms with E-state index >= 15 is 0 Å². The second-order valence-corrected chi connectivity index (χ2v) is 14.2. The maximum atomic E-state index is 12.7. The van der Waals surface area contributed by atoms with Crippen LogP contribution in [0.5, 0.6) is 6.01 Å². The summed E-state index contributed by atoms with van der Waals surface area (Å²) in [6, 6.07) is 20.6. The number of halogens is 1. The van der Waals surface area contributed by atoms with Gasteiger partial charge in [0.1, 0.15) is 12.4 Å². The maximum absolute atomic E-state index is 12.7. The zero-order valence-corrected chi connectivity index (χ0v) is 30.4. The van der Waals surface area contributed by atoms with Gasteiger partial charge >= 0.3 is 6.01 Å². The van der Waals surface area contributed by atoms with E-state index in [1.54, 1.807) is 0 Å². The monoisotopic (exact) mass is 725 g/mol. The standard InChI is InChI=1S/C39H44ClN7O3S/c1-2-36(49)45-20-22-46(23-21-45)38-30-15-18-47(33-13-6-10-27-9-5-12-31(40)37(27)33)25-32(30)42-39(43-38)50-26-29-11-7-17-44(29)19-16-35(48)41-24-28-8-3-4-14-34(28)51/h2-6,8-10,12-14,29,51H,1,7,11,15-26H2,(H,41,48). The summed E-state index contributed by atoms with van der Waals surface area (Å²) >= 11 is 11.2. The van der Waals surface area contributed by atoms with Crippen LogP contribution in [0.1, 0.15) is 36.1 Å². The van der Waals surface area contributed by atoms with Crippen LogP contribution >= 0.6 is 24.2 Å². The van der Waals surface area contributed by atoms with E-state index in [1.165, 1.54) is 6.08 Å². The number of nitrogens with zero attached hydrogens (tertiary/aromatic N) is 6. The normalized spacial score (nSPS) is 17.8. The van der Waals surface area contributed by atoms with Crippen molar-refractivity contribution in [3.63, 3.8) is 0 Å². The minimum Gasteiger partial charge on any atom is -0.462 e. The smallest absolute Gasteiger partial charge is 0.318 e. The van der Waals surface area contributed by atoms with Gasteiger partial charge in [0.05, 0.1) is 17.3 Å². The Hall–Kier alpha value is -4.32. The van der Waals surface area contributed by atoms with E-state index in [1.807, 2.05) is 41.3 Å². The molecule has 3 aliphatic heterocycles. The summed E-state index contributed by atoms with van der Waals surface area (Å²) in [5.41, 5.74) is 4.16. The van der Waals surface area contributed by atoms with E-state index < -0.39 is 0 Å². The van der Waals surface area contributed by atoms with Crippen molar-refractivity contribution < 1.29 is 14.3 Å². The number of likely N-dealkylation sites (tertiary alicyclic amines) is 1. The number of fused-ring (bicyclic) bond motifs is 2. The molecule has 1 atom stereocenters. The highest BCUT2D eigenvalue weighted by atomic mass is 35.5. The number of benzene rings is 3. The molecule has 0 spiro atoms. The van der Waals surface area contributed by atoms with Crippen LogP contribution in [0.4, 0.5) is 11.5 Å². The summed E-state index contributed by atoms with van der Waals surface area (Å²) in [5, 5.41) is 5.91. The molecule has 2 fully saturated rings. The number of anilines is 2. The first-order chi connectivity index (χ1) is 24.9. The Balaban J connectivity index is 1.06. The number of piperazine rings is 1. The molecule has 3 aliphatic rings. The molecule has 4 heterocycles. The zero-order chi connectivity index (χ0) is 35.3. The highest BCUT2D eigenvalue weighted by molar-refractivity contribution is 7.80. The van der Waals surface area contributed by atoms with Crippen molar-refractivity contribution in [3.05, 3.63) is 95.2 Å². The zero-order valence-electron chi connectivity index (χ0n) is 28.8. The van der Waals surface area contributed by atoms with Crippen LogP contribution in [0.3, 0.4) is 0 Å². The minimum atomic E-state index is -0.0469. The molecule has 12 heteroatoms. The van der Waals surface area contributed by atoms with Crippen LogP contribution in [-0.2, 0) is 29.1 Å². The first kappa shape index (κ1) is 35.1. The quantitative estimate of drug-likeness (QED) is 0.154. The van der Waals surface area contributed by atoms with Gasteiger partial charge in [0.25, 0.3) is 0 Å². The third-order valence-corrected chi connectivity index (χ3v) is 11.0. The summed E-state index contributed by atoms with van der Waals surface area (Å²) in [7, 11) is 0. The van der Waals surface area contributed by atoms with E-state index in [0.29, 0.717) is 64.9 Å². The van der Waals surface area contributed by atoms with Crippen LogP contribution in [0.25, 0.3) is 10.8 Å². The molecule has 4 aromatic rings. The van der Waals surface area contributed by atoms with Crippen molar-refractivity contribution in [2.24, 2.45) is 0 Å². The molecule has 0 bridgehead atoms. The van der Waals surface area contributed by atoms with Gasteiger partial charge in [-0.2, -0.15) is 9.97 Å². The fraction of sp³-hybridized carbons (Fsp3) is 0.385. The first-order valence-corrected chi connectivity index (χ1v) is 18.6. The highest BCUT2D eigenvalue weighted by Gasteiger charge is 2.30. The first-order valence-electron chi connectivity index (χ1n) is 17.8. The van der Waals surface area contributed by atoms with Gasteiger partial charge < -0.3 is 24.8 Å². The summed E-state index contributed by atoms with van der Waals surface area (Å²) < 4.78 is 6.43. The molecule has 51 heavy (non-hydrogen) atoms. The third-order valence-electron chi connectivity index (χ3n) is 10.3. The molecule has 0 radical (unpaired) electrons. The Morgan fingerprint density at radius 2 is 1.78 bits per heavy atom. The van der Waals surface area contributed by atoms with Gasteiger partial charge in [0.2, 0.25) is 11.8 Å². The number of thiol groups is 1. The van der Waals surface area contributed by atoms with E-state index in [-0.39, 0.29) is 17.9 Å². The summed E-state index contributed by atoms with van der Waals surface area (Å²) in [6.45, 7) is 10.1. The van der Waals surface area contributed by atoms with Crippen molar-refractivity contribution in [1.29, 1.82) is 0 Å². The average molecular weight is 726 g/mol. The molecule has 1 N–H and O–H groups in total. The second-order valence-electron chi connectivity index (χ2n) is 13.4. The lowest BCUT2D eigenvalue weighted by Crippen LogP contribution is -2.49. The van der Waals surface area contributed by atoms with Crippen LogP contribution in [-0.4, -0.2) is 90.0 Å². The molecule has 2 amide bonds. The van der Waals surface area contributed by atoms with Crippen molar-refractivity contribution in [2.45, 2.75) is 49.7 Å². The predicted molar refractivity (Wildman–Crippen MR) is 205 cm³/mol. The highest BCUT2D eigenvalue weighted by Crippen LogP contribution is 2.37. The van der Waals surface area contributed by atoms with Gasteiger partial charge in [-0.05, 0) is 61.0 Å². The Morgan fingerprint density at radius 1 is 0.980 bits per heavy atom. The second kappa shape index (κ2) is 15.9. The number of aromatic nitrogens is 2. The van der Waals surface area contributed by atoms with Crippen LogP contribution in [0.2, 0.25) is 5.02 Å². The predicted octanol–water partition coefficient (Wildman–Crippen LogP) is 5.52. The number of amides is 2. The summed E-state index contributed by atoms with van der Waals surface area (Å²) in [6.07, 6.45) is 4.61. The number of rotatable bonds is 11. The number of carbonyl (C=O) groups is 2. The largest absolute Gasteiger partial charge is 0.462 e. The lowest BCUT2D eigenvalue weighted by molar-refractivity contribution is -0.126. The molecule has 1 unspecified atom stereocenters. The SMILES string of the molecule is C=CC(=O)N1CCN(c2nc(OCC3CCCN3CCC(=O)NCc3ccccc3S)nc3c2CCN(c2cccc4cccc(Cl)c24)C3)CC1. The molecule has 2 saturated heterocycles. The lowest BCUT2D eigenvalue weighted by atomic mass is 10.0. The molecule has 266 valence electrons. The molecular weight excluding hydrogens is 682 g/mol. The van der Waals surface area contributed by atoms with Crippen LogP contribution < -0.4 is 19.9 Å². The Bertz CT molecular complexity index is 1910. The molecule has 0 saturated carbocycles. The van der Waals surface area contributed by atoms with Crippen molar-refractivity contribution in [2.75, 3.05) is 62.2 Å². The van der Waals surface area contributed by atoms with Gasteiger partial charge in [0, 0.05) is 79.8 Å². The van der Waals surface area contributed by atoms with Gasteiger partial charge in [-0.1, -0.05) is 60.6 Å². The molecule has 3 aromatic carbocycles. The fourth-order valence-electron chi connectivity index (χ4n) is 7.46. The molecule has 0 aliphatic carbocycles. The number of nitrogens with one attached hydrogen (secondary N) is 1. The molecule has 7 rings (SSSR count). The number of hydrogen-bond donors (Lipinski definition) is 2. The summed E-state index contributed by atoms with van der Waals surface area (Å²) in [4.78, 5) is 44.7. The Labute approximate surface area is 309 Å². The molecule has 10 nitrogen and oxygen atoms in total. The van der Waals surface area contributed by atoms with Crippen molar-refractivity contribution in [1.82, 2.24) is 25.1 Å². The number of ether oxygens (including phenoxy) is 1. The Kier molecular flexibility index (Phi) is 11.0. The van der Waals surface area contributed by atoms with Crippen molar-refractivity contribution >= 4 is 58.3 Å². The third kappa shape index (κ3) is 7.95. The Morgan fingerprint density at radius 3 is 2.59 bits per heavy atom. The molecule has 1 aromatic heterocycles. The minimum absolute atomic E-state index is 0.0211. The van der Waals surface area contributed by atoms with E-state index in [0.717, 1.165) is 81.4 Å². The van der Waals surface area contributed by atoms with Gasteiger partial charge in [-0.25, -0.2) is 0 Å². The average Bonchev–Trinajstić information content (AvgIpc) is 3.62. The topological polar surface area (TPSA) is 94.1 Å². The van der Waals surface area contributed by atoms with E-state index in [2.05, 4.69) is 63.5 Å². The fourth-order valence-corrected chi connectivity index (χ4v) is 7.98. The van der Waals surface area contributed by atoms with Crippen LogP contribution in [0, 0.1) is 0 Å². The van der Waals surface area contributed by atoms with Crippen molar-refractivity contribution in [3.8, 4) is 6.01 Å². The summed E-state index contributed by atoms with van der Waals surface area (Å²) in [5.74, 6) is 0.862. The van der Waals surface area contributed by atoms with E-state index in [4.69, 9.17) is 26.3 Å². The lowest BCUT2D eigenvalue weighted by Gasteiger charge is -2.38. The van der Waals surface area contributed by atoms with Gasteiger partial charge in [-0.3, -0.25) is 14.5 Å². The maximum Gasteiger partial charge on any atom is 0.318 e. The molecular formula is C39H44ClN7O3S. The number of hydrogen-bond acceptors (Lipinski definition) is 9. The van der Waals surface area contributed by atoms with Gasteiger partial charge in [0.15, 0.2) is 0 Å². The number of carbonyl (C=O) groups excluding carboxylic acids is 2. The van der Waals surface area contributed by atoms with Gasteiger partial charge in [-0.15, -0.1) is 12.6 Å². The van der Waals surface area contributed by atoms with Crippen LogP contribution in [0.15, 0.2) is 78.2 Å².